The van der Waals surface area contributed by atoms with E-state index in [0.29, 0.717) is 23.5 Å². The van der Waals surface area contributed by atoms with E-state index in [4.69, 9.17) is 10.3 Å². The quantitative estimate of drug-likeness (QED) is 0.828. The highest BCUT2D eigenvalue weighted by Gasteiger charge is 2.36. The molecule has 0 atom stereocenters. The predicted octanol–water partition coefficient (Wildman–Crippen LogP) is 2.62. The van der Waals surface area contributed by atoms with Gasteiger partial charge >= 0.3 is 0 Å². The van der Waals surface area contributed by atoms with Crippen LogP contribution in [-0.4, -0.2) is 24.3 Å². The zero-order chi connectivity index (χ0) is 17.2. The highest BCUT2D eigenvalue weighted by atomic mass is 32.2. The lowest BCUT2D eigenvalue weighted by Gasteiger charge is -2.17. The van der Waals surface area contributed by atoms with Crippen molar-refractivity contribution in [3.8, 4) is 11.5 Å². The summed E-state index contributed by atoms with van der Waals surface area (Å²) in [6, 6.07) is 6.98. The number of hydrogen-bond acceptors (Lipinski definition) is 6. The number of nitrogens with one attached hydrogen (secondary N) is 1. The van der Waals surface area contributed by atoms with E-state index in [1.807, 2.05) is 6.92 Å². The summed E-state index contributed by atoms with van der Waals surface area (Å²) < 4.78 is 32.1. The molecular formula is C16H22N4O3S. The molecule has 0 radical (unpaired) electrons. The van der Waals surface area contributed by atoms with Crippen molar-refractivity contribution in [3.63, 3.8) is 0 Å². The van der Waals surface area contributed by atoms with Crippen LogP contribution >= 0.6 is 0 Å². The van der Waals surface area contributed by atoms with E-state index < -0.39 is 15.6 Å². The molecule has 0 bridgehead atoms. The van der Waals surface area contributed by atoms with Crippen LogP contribution in [0, 0.1) is 0 Å². The van der Waals surface area contributed by atoms with Gasteiger partial charge < -0.3 is 10.3 Å². The fourth-order valence-electron chi connectivity index (χ4n) is 3.01. The molecule has 2 aromatic rings. The summed E-state index contributed by atoms with van der Waals surface area (Å²) in [5, 5.41) is 4.03. The maximum absolute atomic E-state index is 12.1. The summed E-state index contributed by atoms with van der Waals surface area (Å²) in [6.07, 6.45) is 4.30. The first kappa shape index (κ1) is 16.9. The van der Waals surface area contributed by atoms with Crippen LogP contribution in [0.15, 0.2) is 28.8 Å². The molecule has 24 heavy (non-hydrogen) atoms. The maximum Gasteiger partial charge on any atom is 0.260 e. The molecule has 1 aliphatic rings. The van der Waals surface area contributed by atoms with Gasteiger partial charge in [-0.3, -0.25) is 4.72 Å². The van der Waals surface area contributed by atoms with Gasteiger partial charge in [0.1, 0.15) is 0 Å². The minimum absolute atomic E-state index is 0.0579. The van der Waals surface area contributed by atoms with Gasteiger partial charge in [-0.2, -0.15) is 4.98 Å². The van der Waals surface area contributed by atoms with E-state index >= 15 is 0 Å². The van der Waals surface area contributed by atoms with E-state index in [-0.39, 0.29) is 11.6 Å². The number of hydrogen-bond donors (Lipinski definition) is 2. The third-order valence-corrected chi connectivity index (χ3v) is 5.74. The van der Waals surface area contributed by atoms with Crippen LogP contribution < -0.4 is 10.5 Å². The Balaban J connectivity index is 1.92. The van der Waals surface area contributed by atoms with Crippen molar-refractivity contribution in [1.82, 2.24) is 10.1 Å². The van der Waals surface area contributed by atoms with Gasteiger partial charge in [-0.1, -0.05) is 37.1 Å². The summed E-state index contributed by atoms with van der Waals surface area (Å²) in [5.74, 6) is 0.820. The SMILES string of the molecule is CCCS(=O)(=O)Nc1ccccc1-c1nc(C2(N)CCCC2)no1. The average molecular weight is 350 g/mol. The molecule has 1 aliphatic carbocycles. The highest BCUT2D eigenvalue weighted by molar-refractivity contribution is 7.92. The molecule has 0 amide bonds. The zero-order valence-corrected chi connectivity index (χ0v) is 14.5. The van der Waals surface area contributed by atoms with Gasteiger partial charge in [-0.05, 0) is 31.4 Å². The number of sulfonamides is 1. The van der Waals surface area contributed by atoms with Gasteiger partial charge in [0.2, 0.25) is 10.0 Å². The Bertz CT molecular complexity index is 810. The Morgan fingerprint density at radius 2 is 2.00 bits per heavy atom. The largest absolute Gasteiger partial charge is 0.334 e. The lowest BCUT2D eigenvalue weighted by atomic mass is 9.98. The minimum Gasteiger partial charge on any atom is -0.334 e. The molecule has 0 unspecified atom stereocenters. The summed E-state index contributed by atoms with van der Waals surface area (Å²) >= 11 is 0. The lowest BCUT2D eigenvalue weighted by molar-refractivity contribution is 0.373. The predicted molar refractivity (Wildman–Crippen MR) is 91.8 cm³/mol. The molecule has 0 saturated heterocycles. The summed E-state index contributed by atoms with van der Waals surface area (Å²) in [7, 11) is -3.40. The molecule has 1 saturated carbocycles. The van der Waals surface area contributed by atoms with Crippen LogP contribution in [0.5, 0.6) is 0 Å². The highest BCUT2D eigenvalue weighted by Crippen LogP contribution is 2.36. The fourth-order valence-corrected chi connectivity index (χ4v) is 4.16. The smallest absolute Gasteiger partial charge is 0.260 e. The Labute approximate surface area is 141 Å². The number of nitrogens with zero attached hydrogens (tertiary/aromatic N) is 2. The fraction of sp³-hybridized carbons (Fsp3) is 0.500. The molecule has 1 heterocycles. The van der Waals surface area contributed by atoms with Crippen LogP contribution in [0.25, 0.3) is 11.5 Å². The first-order chi connectivity index (χ1) is 11.4. The molecule has 3 N–H and O–H groups in total. The first-order valence-electron chi connectivity index (χ1n) is 8.16. The molecule has 3 rings (SSSR count). The Morgan fingerprint density at radius 1 is 1.29 bits per heavy atom. The zero-order valence-electron chi connectivity index (χ0n) is 13.7. The van der Waals surface area contributed by atoms with Crippen molar-refractivity contribution < 1.29 is 12.9 Å². The molecule has 1 aromatic carbocycles. The van der Waals surface area contributed by atoms with Crippen LogP contribution in [0.3, 0.4) is 0 Å². The Morgan fingerprint density at radius 3 is 2.71 bits per heavy atom. The number of aromatic nitrogens is 2. The van der Waals surface area contributed by atoms with Crippen molar-refractivity contribution in [2.24, 2.45) is 5.73 Å². The second-order valence-electron chi connectivity index (χ2n) is 6.25. The van der Waals surface area contributed by atoms with E-state index in [0.717, 1.165) is 25.7 Å². The van der Waals surface area contributed by atoms with Gasteiger partial charge in [0.05, 0.1) is 22.5 Å². The van der Waals surface area contributed by atoms with Crippen LogP contribution in [-0.2, 0) is 15.6 Å². The molecule has 0 aliphatic heterocycles. The molecular weight excluding hydrogens is 328 g/mol. The van der Waals surface area contributed by atoms with Crippen molar-refractivity contribution in [3.05, 3.63) is 30.1 Å². The maximum atomic E-state index is 12.1. The van der Waals surface area contributed by atoms with Crippen molar-refractivity contribution in [2.45, 2.75) is 44.6 Å². The molecule has 7 nitrogen and oxygen atoms in total. The summed E-state index contributed by atoms with van der Waals surface area (Å²) in [6.45, 7) is 1.82. The number of nitrogens with two attached hydrogens (primary N) is 1. The average Bonchev–Trinajstić information content (AvgIpc) is 3.17. The summed E-state index contributed by atoms with van der Waals surface area (Å²) in [5.41, 5.74) is 6.79. The topological polar surface area (TPSA) is 111 Å². The monoisotopic (exact) mass is 350 g/mol. The normalized spacial score (nSPS) is 17.1. The Kier molecular flexibility index (Phi) is 4.60. The third-order valence-electron chi connectivity index (χ3n) is 4.26. The van der Waals surface area contributed by atoms with E-state index in [1.165, 1.54) is 0 Å². The number of anilines is 1. The molecule has 1 fully saturated rings. The molecule has 130 valence electrons. The van der Waals surface area contributed by atoms with Crippen molar-refractivity contribution in [2.75, 3.05) is 10.5 Å². The second-order valence-corrected chi connectivity index (χ2v) is 8.09. The van der Waals surface area contributed by atoms with Crippen LogP contribution in [0.2, 0.25) is 0 Å². The van der Waals surface area contributed by atoms with E-state index in [2.05, 4.69) is 14.9 Å². The summed E-state index contributed by atoms with van der Waals surface area (Å²) in [4.78, 5) is 4.43. The second kappa shape index (κ2) is 6.52. The van der Waals surface area contributed by atoms with Crippen molar-refractivity contribution in [1.29, 1.82) is 0 Å². The van der Waals surface area contributed by atoms with Gasteiger partial charge in [-0.15, -0.1) is 0 Å². The van der Waals surface area contributed by atoms with Gasteiger partial charge in [0.25, 0.3) is 5.89 Å². The standard InChI is InChI=1S/C16H22N4O3S/c1-2-11-24(21,22)20-13-8-4-3-7-12(13)14-18-15(19-23-14)16(17)9-5-6-10-16/h3-4,7-8,20H,2,5-6,9-11,17H2,1H3. The van der Waals surface area contributed by atoms with Gasteiger partial charge in [-0.25, -0.2) is 8.42 Å². The molecule has 1 aromatic heterocycles. The number of benzene rings is 1. The first-order valence-corrected chi connectivity index (χ1v) is 9.82. The van der Waals surface area contributed by atoms with Crippen LogP contribution in [0.4, 0.5) is 5.69 Å². The van der Waals surface area contributed by atoms with Gasteiger partial charge in [0.15, 0.2) is 5.82 Å². The van der Waals surface area contributed by atoms with Crippen molar-refractivity contribution >= 4 is 15.7 Å². The van der Waals surface area contributed by atoms with Crippen LogP contribution in [0.1, 0.15) is 44.9 Å². The third kappa shape index (κ3) is 3.44. The lowest BCUT2D eigenvalue weighted by Crippen LogP contribution is -2.34. The van der Waals surface area contributed by atoms with Gasteiger partial charge in [0, 0.05) is 0 Å². The Hall–Kier alpha value is -1.93. The number of rotatable bonds is 6. The van der Waals surface area contributed by atoms with E-state index in [9.17, 15) is 8.42 Å². The molecule has 8 heteroatoms. The minimum atomic E-state index is -3.40. The molecule has 0 spiro atoms. The number of para-hydroxylation sites is 1. The van der Waals surface area contributed by atoms with E-state index in [1.54, 1.807) is 24.3 Å².